The SMILES string of the molecule is C=Cc1c(C)/c2[n-]/c1=C\c1[n-]c(c(CC)c1C)/C=C1\[N-][C@@]3(N)C(=C1C)C(=O)[C@H](C(=O)OC)/C3=C1/[N-]C(\C=2)[C@@H](C)[C@@H]1CCC(=O)OC/C=C(\C)CCC[C@H](C)CCC[C@H](C)CCCC(C)C.[Mg+2]. The Morgan fingerprint density at radius 3 is 2.23 bits per heavy atom. The molecule has 10 nitrogen and oxygen atoms in total. The Hall–Kier alpha value is -4.06. The second-order valence-electron chi connectivity index (χ2n) is 20.0. The number of Topliss-reactive ketones (excluding diaryl/α,β-unsaturated/α-hetero) is 1. The zero-order valence-corrected chi connectivity index (χ0v) is 43.4. The molecule has 8 bridgehead atoms. The molecular weight excluding hydrogens is 835 g/mol. The molecule has 4 aliphatic rings. The second-order valence-corrected chi connectivity index (χ2v) is 20.0. The van der Waals surface area contributed by atoms with E-state index in [2.05, 4.69) is 62.0 Å². The molecule has 1 saturated carbocycles. The van der Waals surface area contributed by atoms with Crippen molar-refractivity contribution in [2.75, 3.05) is 13.7 Å². The van der Waals surface area contributed by atoms with Crippen molar-refractivity contribution in [2.24, 2.45) is 41.2 Å². The van der Waals surface area contributed by atoms with Gasteiger partial charge in [-0.3, -0.25) is 14.4 Å². The molecule has 1 saturated heterocycles. The number of hydrogen-bond acceptors (Lipinski definition) is 6. The molecule has 2 aromatic heterocycles. The van der Waals surface area contributed by atoms with Crippen LogP contribution in [0.2, 0.25) is 0 Å². The van der Waals surface area contributed by atoms with Crippen LogP contribution in [0.3, 0.4) is 0 Å². The first kappa shape index (κ1) is 52.9. The van der Waals surface area contributed by atoms with E-state index in [-0.39, 0.29) is 59.5 Å². The van der Waals surface area contributed by atoms with E-state index >= 15 is 0 Å². The Kier molecular flexibility index (Phi) is 18.3. The summed E-state index contributed by atoms with van der Waals surface area (Å²) in [4.78, 5) is 51.8. The number of aromatic nitrogens is 2. The zero-order valence-electron chi connectivity index (χ0n) is 41.9. The van der Waals surface area contributed by atoms with Crippen LogP contribution in [0, 0.1) is 49.4 Å². The number of fused-ring (bicyclic) bond motifs is 7. The van der Waals surface area contributed by atoms with Crippen molar-refractivity contribution in [3.05, 3.63) is 101 Å². The number of rotatable bonds is 20. The van der Waals surface area contributed by atoms with E-state index in [9.17, 15) is 14.4 Å². The number of nitrogens with zero attached hydrogens (tertiary/aromatic N) is 4. The van der Waals surface area contributed by atoms with Crippen molar-refractivity contribution in [1.82, 2.24) is 9.97 Å². The molecule has 1 unspecified atom stereocenters. The van der Waals surface area contributed by atoms with E-state index in [1.54, 1.807) is 0 Å². The molecule has 0 spiro atoms. The molecule has 354 valence electrons. The Bertz CT molecular complexity index is 2390. The molecule has 0 radical (unpaired) electrons. The van der Waals surface area contributed by atoms with Crippen molar-refractivity contribution in [3.63, 3.8) is 0 Å². The molecule has 2 aromatic rings. The number of methoxy groups -OCH3 is 1. The number of hydrogen-bond donors (Lipinski definition) is 1. The van der Waals surface area contributed by atoms with Gasteiger partial charge in [0.05, 0.1) is 7.11 Å². The first-order valence-corrected chi connectivity index (χ1v) is 24.4. The molecule has 2 fully saturated rings. The number of ether oxygens (including phenoxy) is 2. The predicted molar refractivity (Wildman–Crippen MR) is 268 cm³/mol. The first-order chi connectivity index (χ1) is 30.9. The van der Waals surface area contributed by atoms with E-state index in [1.165, 1.54) is 57.6 Å². The van der Waals surface area contributed by atoms with Crippen molar-refractivity contribution in [1.29, 1.82) is 0 Å². The summed E-state index contributed by atoms with van der Waals surface area (Å²) in [6, 6.07) is -0.415. The van der Waals surface area contributed by atoms with E-state index in [4.69, 9.17) is 35.8 Å². The fraction of sp³-hybridized carbons (Fsp3) is 0.582. The van der Waals surface area contributed by atoms with Gasteiger partial charge < -0.3 is 35.8 Å². The van der Waals surface area contributed by atoms with Gasteiger partial charge in [0.15, 0.2) is 5.78 Å². The molecule has 0 amide bonds. The van der Waals surface area contributed by atoms with Crippen molar-refractivity contribution in [3.8, 4) is 0 Å². The van der Waals surface area contributed by atoms with Crippen LogP contribution >= 0.6 is 0 Å². The maximum Gasteiger partial charge on any atom is 2.00 e. The minimum atomic E-state index is -1.67. The third kappa shape index (κ3) is 11.3. The monoisotopic (exact) mass is 910 g/mol. The van der Waals surface area contributed by atoms with E-state index in [1.807, 2.05) is 44.2 Å². The van der Waals surface area contributed by atoms with Gasteiger partial charge in [0.1, 0.15) is 12.5 Å². The average molecular weight is 911 g/mol. The van der Waals surface area contributed by atoms with Gasteiger partial charge in [-0.15, -0.1) is 33.9 Å². The van der Waals surface area contributed by atoms with Gasteiger partial charge in [0.2, 0.25) is 0 Å². The van der Waals surface area contributed by atoms with E-state index in [0.29, 0.717) is 34.9 Å². The van der Waals surface area contributed by atoms with Crippen molar-refractivity contribution < 1.29 is 23.9 Å². The molecule has 1 aliphatic carbocycles. The number of nitrogens with two attached hydrogens (primary N) is 1. The molecule has 0 aromatic carbocycles. The second kappa shape index (κ2) is 22.8. The summed E-state index contributed by atoms with van der Waals surface area (Å²) < 4.78 is 11.1. The Morgan fingerprint density at radius 2 is 1.59 bits per heavy atom. The summed E-state index contributed by atoms with van der Waals surface area (Å²) in [5.74, 6) is -1.02. The quantitative estimate of drug-likeness (QED) is 0.0597. The number of ketones is 1. The largest absolute Gasteiger partial charge is 2.00 e. The normalized spacial score (nSPS) is 26.0. The van der Waals surface area contributed by atoms with Gasteiger partial charge in [-0.05, 0) is 100 Å². The van der Waals surface area contributed by atoms with Crippen LogP contribution in [0.5, 0.6) is 0 Å². The van der Waals surface area contributed by atoms with Crippen LogP contribution in [-0.4, -0.2) is 66.2 Å². The van der Waals surface area contributed by atoms with Gasteiger partial charge in [0, 0.05) is 12.0 Å². The third-order valence-electron chi connectivity index (χ3n) is 14.8. The van der Waals surface area contributed by atoms with Gasteiger partial charge in [0.25, 0.3) is 0 Å². The van der Waals surface area contributed by atoms with Crippen LogP contribution in [-0.2, 0) is 30.3 Å². The maximum atomic E-state index is 14.5. The Balaban J connectivity index is 0.00000817. The minimum absolute atomic E-state index is 0. The van der Waals surface area contributed by atoms with Gasteiger partial charge in [-0.2, -0.15) is 5.70 Å². The molecule has 6 rings (SSSR count). The van der Waals surface area contributed by atoms with E-state index < -0.39 is 29.4 Å². The third-order valence-corrected chi connectivity index (χ3v) is 14.8. The number of esters is 2. The first-order valence-electron chi connectivity index (χ1n) is 24.4. The standard InChI is InChI=1S/C55H76N5O5.Mg/c1-13-39-35(8)42-28-44-37(10)41(24-25-48(61)65-27-26-34(7)23-17-22-33(6)21-16-20-32(5)19-15-18-31(3)4)52(59-44)51-49(54(63)64-12)53(62)50-38(11)45(60-55(50,51)56)30-47-40(14-2)36(9)43(58-47)29-46(39)57-42;/h13,26,28-33,37,41,44,49H,1,14-25,27,56H2,2-12H3,(H-,57,58,62);/q-3;+2/p-1/b34-26+,42-28-,52-51-;/t32-,33-,37+,41+,44?,49-,55+;/m1./s1. The Labute approximate surface area is 411 Å². The fourth-order valence-electron chi connectivity index (χ4n) is 10.7. The molecule has 3 aliphatic heterocycles. The number of carbonyl (C=O) groups excluding carboxylic acids is 3. The predicted octanol–water partition coefficient (Wildman–Crippen LogP) is 9.71. The summed E-state index contributed by atoms with van der Waals surface area (Å²) in [7, 11) is 1.27. The molecule has 2 N–H and O–H groups in total. The van der Waals surface area contributed by atoms with E-state index in [0.717, 1.165) is 75.4 Å². The molecular formula is C55H75MgN5O5-2. The topological polar surface area (TPSA) is 152 Å². The molecule has 11 heteroatoms. The van der Waals surface area contributed by atoms with Crippen LogP contribution in [0.4, 0.5) is 0 Å². The number of allylic oxidation sites excluding steroid dienone is 3. The minimum Gasteiger partial charge on any atom is -0.682 e. The van der Waals surface area contributed by atoms with Crippen molar-refractivity contribution >= 4 is 65.1 Å². The van der Waals surface area contributed by atoms with Crippen LogP contribution < -0.4 is 26.4 Å². The smallest absolute Gasteiger partial charge is 0.682 e. The van der Waals surface area contributed by atoms with Crippen LogP contribution in [0.1, 0.15) is 160 Å². The van der Waals surface area contributed by atoms with Crippen LogP contribution in [0.25, 0.3) is 34.9 Å². The fourth-order valence-corrected chi connectivity index (χ4v) is 10.7. The molecule has 66 heavy (non-hydrogen) atoms. The zero-order chi connectivity index (χ0) is 47.3. The summed E-state index contributed by atoms with van der Waals surface area (Å²) in [6.07, 6.45) is 22.2. The van der Waals surface area contributed by atoms with Gasteiger partial charge >= 0.3 is 35.0 Å². The summed E-state index contributed by atoms with van der Waals surface area (Å²) in [5, 5.41) is 11.9. The molecule has 7 atom stereocenters. The Morgan fingerprint density at radius 1 is 0.924 bits per heavy atom. The van der Waals surface area contributed by atoms with Crippen molar-refractivity contribution in [2.45, 2.75) is 158 Å². The summed E-state index contributed by atoms with van der Waals surface area (Å²) in [5.41, 5.74) is 14.6. The molecule has 5 heterocycles. The number of carbonyl (C=O) groups is 3. The van der Waals surface area contributed by atoms with Crippen LogP contribution in [0.15, 0.2) is 46.3 Å². The maximum absolute atomic E-state index is 14.5. The van der Waals surface area contributed by atoms with Gasteiger partial charge in [-0.25, -0.2) is 0 Å². The average Bonchev–Trinajstić information content (AvgIpc) is 3.96. The summed E-state index contributed by atoms with van der Waals surface area (Å²) >= 11 is 0. The van der Waals surface area contributed by atoms with Gasteiger partial charge in [-0.1, -0.05) is 151 Å². The summed E-state index contributed by atoms with van der Waals surface area (Å²) in [6.45, 7) is 25.9.